The van der Waals surface area contributed by atoms with Crippen molar-refractivity contribution in [2.24, 2.45) is 0 Å². The van der Waals surface area contributed by atoms with Crippen LogP contribution in [0.3, 0.4) is 0 Å². The summed E-state index contributed by atoms with van der Waals surface area (Å²) in [7, 11) is 0. The molecule has 1 aromatic carbocycles. The van der Waals surface area contributed by atoms with Crippen LogP contribution in [-0.2, 0) is 6.54 Å². The van der Waals surface area contributed by atoms with Gasteiger partial charge in [-0.2, -0.15) is 10.2 Å². The zero-order chi connectivity index (χ0) is 15.9. The van der Waals surface area contributed by atoms with Crippen molar-refractivity contribution < 1.29 is 0 Å². The molecule has 0 radical (unpaired) electrons. The molecule has 5 nitrogen and oxygen atoms in total. The molecule has 2 aromatic heterocycles. The molecule has 0 aliphatic heterocycles. The third-order valence-corrected chi connectivity index (χ3v) is 4.06. The van der Waals surface area contributed by atoms with Crippen molar-refractivity contribution in [1.29, 1.82) is 0 Å². The highest BCUT2D eigenvalue weighted by Crippen LogP contribution is 2.16. The standard InChI is InChI=1S/C17H21N5/c1-11-7-6-8-16(9-11)22-17(18-15(5)20-22)10-21-14(4)12(2)13(3)19-21/h6-9H,10H2,1-5H3. The number of hydrogen-bond acceptors (Lipinski definition) is 3. The third kappa shape index (κ3) is 2.54. The summed E-state index contributed by atoms with van der Waals surface area (Å²) in [6.07, 6.45) is 0. The fraction of sp³-hybridized carbons (Fsp3) is 0.353. The van der Waals surface area contributed by atoms with Crippen molar-refractivity contribution in [1.82, 2.24) is 24.5 Å². The Kier molecular flexibility index (Phi) is 3.56. The third-order valence-electron chi connectivity index (χ3n) is 4.06. The summed E-state index contributed by atoms with van der Waals surface area (Å²) in [5, 5.41) is 9.14. The largest absolute Gasteiger partial charge is 0.262 e. The predicted octanol–water partition coefficient (Wildman–Crippen LogP) is 3.05. The van der Waals surface area contributed by atoms with E-state index in [-0.39, 0.29) is 0 Å². The first kappa shape index (κ1) is 14.5. The minimum Gasteiger partial charge on any atom is -0.262 e. The van der Waals surface area contributed by atoms with Gasteiger partial charge in [-0.05, 0) is 57.9 Å². The molecule has 0 saturated carbocycles. The fourth-order valence-corrected chi connectivity index (χ4v) is 2.60. The van der Waals surface area contributed by atoms with E-state index in [1.54, 1.807) is 0 Å². The van der Waals surface area contributed by atoms with E-state index < -0.39 is 0 Å². The van der Waals surface area contributed by atoms with Crippen LogP contribution in [0.25, 0.3) is 5.69 Å². The van der Waals surface area contributed by atoms with Gasteiger partial charge in [-0.3, -0.25) is 4.68 Å². The second kappa shape index (κ2) is 5.40. The number of rotatable bonds is 3. The Morgan fingerprint density at radius 1 is 1.00 bits per heavy atom. The van der Waals surface area contributed by atoms with E-state index in [1.807, 2.05) is 29.3 Å². The molecule has 0 spiro atoms. The van der Waals surface area contributed by atoms with Gasteiger partial charge >= 0.3 is 0 Å². The highest BCUT2D eigenvalue weighted by molar-refractivity contribution is 5.35. The van der Waals surface area contributed by atoms with Crippen LogP contribution < -0.4 is 0 Å². The normalized spacial score (nSPS) is 11.1. The first-order valence-corrected chi connectivity index (χ1v) is 7.46. The van der Waals surface area contributed by atoms with Gasteiger partial charge in [0.25, 0.3) is 0 Å². The molecular weight excluding hydrogens is 274 g/mol. The molecule has 0 saturated heterocycles. The number of hydrogen-bond donors (Lipinski definition) is 0. The molecule has 114 valence electrons. The smallest absolute Gasteiger partial charge is 0.154 e. The number of aryl methyl sites for hydroxylation is 3. The van der Waals surface area contributed by atoms with Crippen molar-refractivity contribution in [3.8, 4) is 5.69 Å². The summed E-state index contributed by atoms with van der Waals surface area (Å²) >= 11 is 0. The van der Waals surface area contributed by atoms with Crippen LogP contribution in [0.4, 0.5) is 0 Å². The second-order valence-corrected chi connectivity index (χ2v) is 5.78. The van der Waals surface area contributed by atoms with Crippen molar-refractivity contribution in [3.63, 3.8) is 0 Å². The Morgan fingerprint density at radius 3 is 2.41 bits per heavy atom. The molecule has 0 unspecified atom stereocenters. The summed E-state index contributed by atoms with van der Waals surface area (Å²) in [6, 6.07) is 8.29. The summed E-state index contributed by atoms with van der Waals surface area (Å²) in [5.74, 6) is 1.67. The van der Waals surface area contributed by atoms with E-state index in [0.29, 0.717) is 6.54 Å². The molecular formula is C17H21N5. The number of nitrogens with zero attached hydrogens (tertiary/aromatic N) is 5. The van der Waals surface area contributed by atoms with E-state index in [1.165, 1.54) is 16.8 Å². The molecule has 0 bridgehead atoms. The molecule has 0 N–H and O–H groups in total. The minimum atomic E-state index is 0.620. The second-order valence-electron chi connectivity index (χ2n) is 5.78. The zero-order valence-electron chi connectivity index (χ0n) is 13.8. The van der Waals surface area contributed by atoms with Gasteiger partial charge in [0.05, 0.1) is 11.4 Å². The predicted molar refractivity (Wildman–Crippen MR) is 86.4 cm³/mol. The molecule has 0 aliphatic rings. The molecule has 3 rings (SSSR count). The molecule has 22 heavy (non-hydrogen) atoms. The van der Waals surface area contributed by atoms with Gasteiger partial charge in [-0.1, -0.05) is 12.1 Å². The maximum absolute atomic E-state index is 4.60. The SMILES string of the molecule is Cc1cccc(-n2nc(C)nc2Cn2nc(C)c(C)c2C)c1. The van der Waals surface area contributed by atoms with E-state index >= 15 is 0 Å². The van der Waals surface area contributed by atoms with Gasteiger partial charge in [0.1, 0.15) is 12.4 Å². The van der Waals surface area contributed by atoms with Crippen LogP contribution >= 0.6 is 0 Å². The lowest BCUT2D eigenvalue weighted by atomic mass is 10.2. The quantitative estimate of drug-likeness (QED) is 0.746. The average Bonchev–Trinajstić information content (AvgIpc) is 2.95. The van der Waals surface area contributed by atoms with E-state index in [9.17, 15) is 0 Å². The molecule has 5 heteroatoms. The van der Waals surface area contributed by atoms with E-state index in [0.717, 1.165) is 23.0 Å². The van der Waals surface area contributed by atoms with Crippen LogP contribution in [0.1, 0.15) is 34.2 Å². The topological polar surface area (TPSA) is 48.5 Å². The monoisotopic (exact) mass is 295 g/mol. The molecule has 0 amide bonds. The van der Waals surface area contributed by atoms with Gasteiger partial charge in [0, 0.05) is 5.69 Å². The maximum Gasteiger partial charge on any atom is 0.154 e. The van der Waals surface area contributed by atoms with Gasteiger partial charge in [-0.25, -0.2) is 9.67 Å². The van der Waals surface area contributed by atoms with Crippen LogP contribution in [0, 0.1) is 34.6 Å². The van der Waals surface area contributed by atoms with Gasteiger partial charge in [-0.15, -0.1) is 0 Å². The van der Waals surface area contributed by atoms with Gasteiger partial charge in [0.2, 0.25) is 0 Å². The maximum atomic E-state index is 4.60. The lowest BCUT2D eigenvalue weighted by molar-refractivity contribution is 0.614. The average molecular weight is 295 g/mol. The lowest BCUT2D eigenvalue weighted by Crippen LogP contribution is -2.11. The summed E-state index contributed by atoms with van der Waals surface area (Å²) in [5.41, 5.74) is 5.72. The molecule has 0 atom stereocenters. The first-order valence-electron chi connectivity index (χ1n) is 7.46. The highest BCUT2D eigenvalue weighted by atomic mass is 15.4. The first-order chi connectivity index (χ1) is 10.5. The summed E-state index contributed by atoms with van der Waals surface area (Å²) in [4.78, 5) is 4.58. The summed E-state index contributed by atoms with van der Waals surface area (Å²) in [6.45, 7) is 10.9. The van der Waals surface area contributed by atoms with Crippen LogP contribution in [0.2, 0.25) is 0 Å². The molecule has 0 aliphatic carbocycles. The Morgan fingerprint density at radius 2 is 1.77 bits per heavy atom. The van der Waals surface area contributed by atoms with Crippen LogP contribution in [0.15, 0.2) is 24.3 Å². The Balaban J connectivity index is 2.03. The fourth-order valence-electron chi connectivity index (χ4n) is 2.60. The highest BCUT2D eigenvalue weighted by Gasteiger charge is 2.14. The Hall–Kier alpha value is -2.43. The van der Waals surface area contributed by atoms with Gasteiger partial charge in [0.15, 0.2) is 5.82 Å². The van der Waals surface area contributed by atoms with Crippen LogP contribution in [-0.4, -0.2) is 24.5 Å². The van der Waals surface area contributed by atoms with Crippen LogP contribution in [0.5, 0.6) is 0 Å². The van der Waals surface area contributed by atoms with Crippen molar-refractivity contribution in [3.05, 3.63) is 58.4 Å². The molecule has 0 fully saturated rings. The van der Waals surface area contributed by atoms with Gasteiger partial charge < -0.3 is 0 Å². The van der Waals surface area contributed by atoms with Crippen molar-refractivity contribution >= 4 is 0 Å². The Bertz CT molecular complexity index is 826. The summed E-state index contributed by atoms with van der Waals surface area (Å²) < 4.78 is 3.91. The zero-order valence-corrected chi connectivity index (χ0v) is 13.8. The van der Waals surface area contributed by atoms with Crippen molar-refractivity contribution in [2.45, 2.75) is 41.2 Å². The number of benzene rings is 1. The van der Waals surface area contributed by atoms with Crippen molar-refractivity contribution in [2.75, 3.05) is 0 Å². The Labute approximate surface area is 130 Å². The van der Waals surface area contributed by atoms with E-state index in [2.05, 4.69) is 54.2 Å². The van der Waals surface area contributed by atoms with E-state index in [4.69, 9.17) is 0 Å². The number of aromatic nitrogens is 5. The minimum absolute atomic E-state index is 0.620. The molecule has 3 aromatic rings. The lowest BCUT2D eigenvalue weighted by Gasteiger charge is -2.08. The molecule has 2 heterocycles.